The Hall–Kier alpha value is -3.52. The van der Waals surface area contributed by atoms with E-state index in [4.69, 9.17) is 4.74 Å². The number of imide groups is 1. The predicted molar refractivity (Wildman–Crippen MR) is 124 cm³/mol. The SMILES string of the molecule is CCOC(=O)C[C@@]12C(=O)NCCN1[C@@H](c1ccccc1)[C@H]1C(=O)N(c3ccc(C)cc3)C(=O)[C@@H]12. The lowest BCUT2D eigenvalue weighted by Gasteiger charge is -2.45. The first-order valence-corrected chi connectivity index (χ1v) is 11.6. The van der Waals surface area contributed by atoms with Gasteiger partial charge in [-0.25, -0.2) is 4.90 Å². The molecular formula is C26H27N3O5. The summed E-state index contributed by atoms with van der Waals surface area (Å²) in [5, 5.41) is 2.85. The van der Waals surface area contributed by atoms with Gasteiger partial charge in [0.05, 0.1) is 30.6 Å². The fourth-order valence-electron chi connectivity index (χ4n) is 5.90. The smallest absolute Gasteiger partial charge is 0.308 e. The van der Waals surface area contributed by atoms with Gasteiger partial charge in [0.2, 0.25) is 17.7 Å². The van der Waals surface area contributed by atoms with Gasteiger partial charge in [0.15, 0.2) is 0 Å². The van der Waals surface area contributed by atoms with Crippen molar-refractivity contribution in [1.82, 2.24) is 10.2 Å². The number of amides is 3. The molecule has 5 rings (SSSR count). The number of piperazine rings is 1. The van der Waals surface area contributed by atoms with Crippen molar-refractivity contribution in [2.75, 3.05) is 24.6 Å². The summed E-state index contributed by atoms with van der Waals surface area (Å²) in [4.78, 5) is 57.3. The molecule has 8 heteroatoms. The van der Waals surface area contributed by atoms with Crippen LogP contribution < -0.4 is 10.2 Å². The maximum atomic E-state index is 14.0. The first kappa shape index (κ1) is 22.3. The Balaban J connectivity index is 1.68. The zero-order valence-corrected chi connectivity index (χ0v) is 19.2. The van der Waals surface area contributed by atoms with Crippen LogP contribution in [-0.2, 0) is 23.9 Å². The number of ether oxygens (including phenoxy) is 1. The van der Waals surface area contributed by atoms with Gasteiger partial charge in [-0.05, 0) is 31.5 Å². The summed E-state index contributed by atoms with van der Waals surface area (Å²) in [5.41, 5.74) is 0.810. The molecular weight excluding hydrogens is 434 g/mol. The molecule has 3 amide bonds. The summed E-state index contributed by atoms with van der Waals surface area (Å²) in [6.07, 6.45) is -0.294. The molecule has 3 aliphatic rings. The zero-order chi connectivity index (χ0) is 24.0. The van der Waals surface area contributed by atoms with Crippen molar-refractivity contribution in [3.63, 3.8) is 0 Å². The Morgan fingerprint density at radius 1 is 1.06 bits per heavy atom. The second-order valence-corrected chi connectivity index (χ2v) is 9.06. The Bertz CT molecular complexity index is 1150. The topological polar surface area (TPSA) is 96.0 Å². The van der Waals surface area contributed by atoms with Crippen LogP contribution in [0.25, 0.3) is 0 Å². The van der Waals surface area contributed by atoms with Crippen LogP contribution in [0.15, 0.2) is 54.6 Å². The second kappa shape index (κ2) is 8.36. The second-order valence-electron chi connectivity index (χ2n) is 9.06. The largest absolute Gasteiger partial charge is 0.466 e. The first-order valence-electron chi connectivity index (χ1n) is 11.6. The Morgan fingerprint density at radius 2 is 1.76 bits per heavy atom. The third-order valence-corrected chi connectivity index (χ3v) is 7.24. The summed E-state index contributed by atoms with van der Waals surface area (Å²) in [6.45, 7) is 4.58. The maximum Gasteiger partial charge on any atom is 0.308 e. The highest BCUT2D eigenvalue weighted by Crippen LogP contribution is 2.57. The third kappa shape index (κ3) is 3.16. The minimum absolute atomic E-state index is 0.162. The van der Waals surface area contributed by atoms with E-state index >= 15 is 0 Å². The van der Waals surface area contributed by atoms with Crippen molar-refractivity contribution < 1.29 is 23.9 Å². The van der Waals surface area contributed by atoms with E-state index in [2.05, 4.69) is 5.32 Å². The van der Waals surface area contributed by atoms with Crippen LogP contribution in [0.2, 0.25) is 0 Å². The predicted octanol–water partition coefficient (Wildman–Crippen LogP) is 1.98. The number of carbonyl (C=O) groups is 4. The summed E-state index contributed by atoms with van der Waals surface area (Å²) in [6, 6.07) is 16.1. The highest BCUT2D eigenvalue weighted by Gasteiger charge is 2.73. The van der Waals surface area contributed by atoms with Crippen LogP contribution in [0.5, 0.6) is 0 Å². The summed E-state index contributed by atoms with van der Waals surface area (Å²) in [5.74, 6) is -3.58. The quantitative estimate of drug-likeness (QED) is 0.540. The fourth-order valence-corrected chi connectivity index (χ4v) is 5.90. The Morgan fingerprint density at radius 3 is 2.44 bits per heavy atom. The van der Waals surface area contributed by atoms with E-state index in [9.17, 15) is 19.2 Å². The zero-order valence-electron chi connectivity index (χ0n) is 19.2. The number of carbonyl (C=O) groups excluding carboxylic acids is 4. The first-order chi connectivity index (χ1) is 16.4. The number of esters is 1. The molecule has 176 valence electrons. The van der Waals surface area contributed by atoms with Crippen LogP contribution in [0.1, 0.15) is 30.5 Å². The van der Waals surface area contributed by atoms with E-state index in [0.29, 0.717) is 18.8 Å². The molecule has 4 atom stereocenters. The minimum atomic E-state index is -1.50. The lowest BCUT2D eigenvalue weighted by Crippen LogP contribution is -2.67. The molecule has 3 fully saturated rings. The molecule has 0 spiro atoms. The lowest BCUT2D eigenvalue weighted by molar-refractivity contribution is -0.156. The Kier molecular flexibility index (Phi) is 5.48. The standard InChI is InChI=1S/C26H27N3O5/c1-3-34-19(30)15-26-21-20(23(31)29(24(21)32)18-11-9-16(2)10-12-18)22(17-7-5-4-6-8-17)28(26)14-13-27-25(26)33/h4-12,20-22H,3,13-15H2,1-2H3,(H,27,33)/t20-,21+,22-,26+/m0/s1. The molecule has 0 unspecified atom stereocenters. The van der Waals surface area contributed by atoms with E-state index in [1.807, 2.05) is 54.3 Å². The molecule has 8 nitrogen and oxygen atoms in total. The summed E-state index contributed by atoms with van der Waals surface area (Å²) >= 11 is 0. The van der Waals surface area contributed by atoms with Crippen LogP contribution in [0.4, 0.5) is 5.69 Å². The highest BCUT2D eigenvalue weighted by molar-refractivity contribution is 6.24. The van der Waals surface area contributed by atoms with Crippen molar-refractivity contribution in [2.24, 2.45) is 11.8 Å². The number of hydrogen-bond donors (Lipinski definition) is 1. The molecule has 0 aromatic heterocycles. The van der Waals surface area contributed by atoms with Crippen LogP contribution in [0, 0.1) is 18.8 Å². The van der Waals surface area contributed by atoms with Crippen molar-refractivity contribution in [2.45, 2.75) is 31.8 Å². The van der Waals surface area contributed by atoms with Gasteiger partial charge in [-0.2, -0.15) is 0 Å². The van der Waals surface area contributed by atoms with Gasteiger partial charge < -0.3 is 10.1 Å². The van der Waals surface area contributed by atoms with Crippen molar-refractivity contribution in [3.8, 4) is 0 Å². The molecule has 0 saturated carbocycles. The molecule has 2 aromatic rings. The van der Waals surface area contributed by atoms with E-state index in [0.717, 1.165) is 11.1 Å². The minimum Gasteiger partial charge on any atom is -0.466 e. The van der Waals surface area contributed by atoms with Crippen molar-refractivity contribution in [3.05, 3.63) is 65.7 Å². The number of aryl methyl sites for hydroxylation is 1. The molecule has 0 bridgehead atoms. The van der Waals surface area contributed by atoms with Gasteiger partial charge in [0, 0.05) is 19.1 Å². The van der Waals surface area contributed by atoms with Crippen molar-refractivity contribution in [1.29, 1.82) is 0 Å². The van der Waals surface area contributed by atoms with Gasteiger partial charge in [0.1, 0.15) is 5.54 Å². The average molecular weight is 462 g/mol. The monoisotopic (exact) mass is 461 g/mol. The fraction of sp³-hybridized carbons (Fsp3) is 0.385. The normalized spacial score (nSPS) is 28.5. The molecule has 3 heterocycles. The molecule has 3 aliphatic heterocycles. The number of nitrogens with one attached hydrogen (secondary N) is 1. The van der Waals surface area contributed by atoms with Crippen LogP contribution >= 0.6 is 0 Å². The van der Waals surface area contributed by atoms with E-state index in [1.165, 1.54) is 4.90 Å². The number of nitrogens with zero attached hydrogens (tertiary/aromatic N) is 2. The summed E-state index contributed by atoms with van der Waals surface area (Å²) < 4.78 is 5.22. The third-order valence-electron chi connectivity index (χ3n) is 7.24. The van der Waals surface area contributed by atoms with Crippen molar-refractivity contribution >= 4 is 29.4 Å². The number of rotatable bonds is 5. The van der Waals surface area contributed by atoms with E-state index in [1.54, 1.807) is 19.1 Å². The van der Waals surface area contributed by atoms with Gasteiger partial charge in [-0.1, -0.05) is 48.0 Å². The maximum absolute atomic E-state index is 14.0. The van der Waals surface area contributed by atoms with Crippen LogP contribution in [0.3, 0.4) is 0 Å². The highest BCUT2D eigenvalue weighted by atomic mass is 16.5. The number of anilines is 1. The molecule has 0 radical (unpaired) electrons. The van der Waals surface area contributed by atoms with Gasteiger partial charge in [-0.15, -0.1) is 0 Å². The van der Waals surface area contributed by atoms with Crippen LogP contribution in [-0.4, -0.2) is 53.8 Å². The Labute approximate surface area is 197 Å². The molecule has 34 heavy (non-hydrogen) atoms. The molecule has 2 aromatic carbocycles. The number of benzene rings is 2. The van der Waals surface area contributed by atoms with Gasteiger partial charge in [0.25, 0.3) is 0 Å². The van der Waals surface area contributed by atoms with Gasteiger partial charge >= 0.3 is 5.97 Å². The molecule has 0 aliphatic carbocycles. The summed E-state index contributed by atoms with van der Waals surface area (Å²) in [7, 11) is 0. The van der Waals surface area contributed by atoms with E-state index in [-0.39, 0.29) is 18.9 Å². The van der Waals surface area contributed by atoms with E-state index < -0.39 is 41.2 Å². The number of hydrogen-bond acceptors (Lipinski definition) is 6. The average Bonchev–Trinajstić information content (AvgIpc) is 3.26. The lowest BCUT2D eigenvalue weighted by atomic mass is 9.76. The van der Waals surface area contributed by atoms with Gasteiger partial charge in [-0.3, -0.25) is 24.1 Å². The molecule has 1 N–H and O–H groups in total. The molecule has 3 saturated heterocycles. The number of fused-ring (bicyclic) bond motifs is 3.